The molecule has 0 amide bonds. The fourth-order valence-electron chi connectivity index (χ4n) is 4.57. The van der Waals surface area contributed by atoms with Gasteiger partial charge in [-0.15, -0.1) is 0 Å². The van der Waals surface area contributed by atoms with E-state index in [1.165, 1.54) is 5.56 Å². The highest BCUT2D eigenvalue weighted by atomic mass is 16.1. The van der Waals surface area contributed by atoms with Crippen molar-refractivity contribution >= 4 is 17.6 Å². The van der Waals surface area contributed by atoms with E-state index in [-0.39, 0.29) is 11.6 Å². The third kappa shape index (κ3) is 5.06. The molecule has 0 fully saturated rings. The van der Waals surface area contributed by atoms with Gasteiger partial charge >= 0.3 is 0 Å². The molecule has 180 valence electrons. The zero-order chi connectivity index (χ0) is 24.2. The van der Waals surface area contributed by atoms with E-state index in [9.17, 15) is 4.79 Å². The van der Waals surface area contributed by atoms with Crippen LogP contribution in [0.5, 0.6) is 0 Å². The molecule has 8 heteroatoms. The van der Waals surface area contributed by atoms with Crippen LogP contribution < -0.4 is 26.4 Å². The molecule has 3 aromatic rings. The van der Waals surface area contributed by atoms with Crippen LogP contribution in [0.3, 0.4) is 0 Å². The second-order valence-corrected chi connectivity index (χ2v) is 8.91. The van der Waals surface area contributed by atoms with Gasteiger partial charge < -0.3 is 16.0 Å². The van der Waals surface area contributed by atoms with Crippen molar-refractivity contribution in [2.45, 2.75) is 32.4 Å². The van der Waals surface area contributed by atoms with Crippen LogP contribution in [0.1, 0.15) is 18.9 Å². The molecule has 0 saturated heterocycles. The Bertz CT molecular complexity index is 1310. The number of hydrogen-bond donors (Lipinski definition) is 3. The van der Waals surface area contributed by atoms with Gasteiger partial charge in [-0.25, -0.2) is 9.98 Å². The summed E-state index contributed by atoms with van der Waals surface area (Å²) in [5, 5.41) is 10.1. The highest BCUT2D eigenvalue weighted by molar-refractivity contribution is 5.83. The molecule has 8 nitrogen and oxygen atoms in total. The number of benzene rings is 2. The summed E-state index contributed by atoms with van der Waals surface area (Å²) in [6.45, 7) is 4.16. The largest absolute Gasteiger partial charge is 0.388 e. The van der Waals surface area contributed by atoms with Crippen molar-refractivity contribution in [2.24, 2.45) is 4.99 Å². The fourth-order valence-corrected chi connectivity index (χ4v) is 4.57. The normalized spacial score (nSPS) is 15.9. The lowest BCUT2D eigenvalue weighted by molar-refractivity contribution is 0.545. The lowest BCUT2D eigenvalue weighted by atomic mass is 10.1. The quantitative estimate of drug-likeness (QED) is 0.514. The Balaban J connectivity index is 1.32. The van der Waals surface area contributed by atoms with E-state index in [1.54, 1.807) is 10.6 Å². The number of aromatic nitrogens is 2. The monoisotopic (exact) mass is 469 g/mol. The van der Waals surface area contributed by atoms with Gasteiger partial charge in [-0.05, 0) is 43.5 Å². The standard InChI is InChI=1S/C27H31N7O/c1-19(16-20-8-6-11-22(17-20)28-2)30-26-29-13-12-24(32-26)33-14-7-15-34-25(35)18-23(31-27(33)34)21-9-4-3-5-10-21/h3-6,8-12,17-19,28H,7,13-16H2,1-2H3,(H2,29,30,32). The van der Waals surface area contributed by atoms with Crippen molar-refractivity contribution in [1.82, 2.24) is 20.2 Å². The van der Waals surface area contributed by atoms with E-state index in [0.717, 1.165) is 42.4 Å². The minimum Gasteiger partial charge on any atom is -0.388 e. The number of aliphatic imine (C=N–C) groups is 1. The van der Waals surface area contributed by atoms with E-state index < -0.39 is 0 Å². The Hall–Kier alpha value is -4.07. The van der Waals surface area contributed by atoms with Crippen LogP contribution in [-0.4, -0.2) is 41.7 Å². The Morgan fingerprint density at radius 2 is 1.94 bits per heavy atom. The molecule has 1 atom stereocenters. The van der Waals surface area contributed by atoms with E-state index >= 15 is 0 Å². The average Bonchev–Trinajstić information content (AvgIpc) is 2.89. The lowest BCUT2D eigenvalue weighted by Gasteiger charge is -2.34. The second kappa shape index (κ2) is 10.0. The molecule has 5 rings (SSSR count). The van der Waals surface area contributed by atoms with Crippen LogP contribution in [0.4, 0.5) is 11.6 Å². The Morgan fingerprint density at radius 3 is 2.77 bits per heavy atom. The van der Waals surface area contributed by atoms with E-state index in [4.69, 9.17) is 4.98 Å². The average molecular weight is 470 g/mol. The van der Waals surface area contributed by atoms with Gasteiger partial charge in [-0.3, -0.25) is 14.3 Å². The zero-order valence-corrected chi connectivity index (χ0v) is 20.2. The number of anilines is 2. The Labute approximate surface area is 205 Å². The summed E-state index contributed by atoms with van der Waals surface area (Å²) >= 11 is 0. The summed E-state index contributed by atoms with van der Waals surface area (Å²) < 4.78 is 1.76. The molecular formula is C27H31N7O. The van der Waals surface area contributed by atoms with Crippen LogP contribution in [-0.2, 0) is 13.0 Å². The fraction of sp³-hybridized carbons (Fsp3) is 0.296. The molecule has 0 saturated carbocycles. The Morgan fingerprint density at radius 1 is 1.09 bits per heavy atom. The maximum atomic E-state index is 12.9. The summed E-state index contributed by atoms with van der Waals surface area (Å²) in [6.07, 6.45) is 3.79. The molecule has 3 N–H and O–H groups in total. The van der Waals surface area contributed by atoms with E-state index in [2.05, 4.69) is 57.0 Å². The maximum Gasteiger partial charge on any atom is 0.255 e. The number of rotatable bonds is 6. The molecule has 1 unspecified atom stereocenters. The first-order valence-corrected chi connectivity index (χ1v) is 12.1. The van der Waals surface area contributed by atoms with Crippen LogP contribution in [0.2, 0.25) is 0 Å². The molecule has 35 heavy (non-hydrogen) atoms. The first-order valence-electron chi connectivity index (χ1n) is 12.1. The maximum absolute atomic E-state index is 12.9. The van der Waals surface area contributed by atoms with Gasteiger partial charge in [0, 0.05) is 43.5 Å². The third-order valence-corrected chi connectivity index (χ3v) is 6.27. The summed E-state index contributed by atoms with van der Waals surface area (Å²) in [5.41, 5.74) is 3.96. The second-order valence-electron chi connectivity index (χ2n) is 8.91. The van der Waals surface area contributed by atoms with Crippen LogP contribution in [0.15, 0.2) is 82.3 Å². The minimum atomic E-state index is -0.0283. The van der Waals surface area contributed by atoms with Crippen molar-refractivity contribution in [3.8, 4) is 11.3 Å². The topological polar surface area (TPSA) is 86.6 Å². The molecule has 1 aromatic heterocycles. The van der Waals surface area contributed by atoms with Crippen molar-refractivity contribution in [3.63, 3.8) is 0 Å². The molecule has 3 heterocycles. The molecule has 0 bridgehead atoms. The van der Waals surface area contributed by atoms with Gasteiger partial charge in [0.05, 0.1) is 12.2 Å². The minimum absolute atomic E-state index is 0.0283. The van der Waals surface area contributed by atoms with Gasteiger partial charge in [0.15, 0.2) is 5.96 Å². The van der Waals surface area contributed by atoms with Gasteiger partial charge in [-0.1, -0.05) is 42.5 Å². The van der Waals surface area contributed by atoms with E-state index in [1.807, 2.05) is 43.5 Å². The summed E-state index contributed by atoms with van der Waals surface area (Å²) in [5.74, 6) is 2.30. The van der Waals surface area contributed by atoms with Crippen molar-refractivity contribution in [2.75, 3.05) is 30.4 Å². The first kappa shape index (κ1) is 22.7. The van der Waals surface area contributed by atoms with Crippen LogP contribution in [0.25, 0.3) is 11.3 Å². The number of fused-ring (bicyclic) bond motifs is 1. The zero-order valence-electron chi connectivity index (χ0n) is 20.2. The predicted octanol–water partition coefficient (Wildman–Crippen LogP) is 3.18. The lowest BCUT2D eigenvalue weighted by Crippen LogP contribution is -2.49. The highest BCUT2D eigenvalue weighted by Gasteiger charge is 2.25. The van der Waals surface area contributed by atoms with Gasteiger partial charge in [0.25, 0.3) is 5.56 Å². The molecule has 2 aromatic carbocycles. The summed E-state index contributed by atoms with van der Waals surface area (Å²) in [6, 6.07) is 20.1. The third-order valence-electron chi connectivity index (χ3n) is 6.27. The number of nitrogens with zero attached hydrogens (tertiary/aromatic N) is 4. The van der Waals surface area contributed by atoms with Gasteiger partial charge in [-0.2, -0.15) is 0 Å². The van der Waals surface area contributed by atoms with Crippen molar-refractivity contribution in [3.05, 3.63) is 88.5 Å². The molecule has 0 radical (unpaired) electrons. The summed E-state index contributed by atoms with van der Waals surface area (Å²) in [7, 11) is 1.93. The van der Waals surface area contributed by atoms with Crippen molar-refractivity contribution < 1.29 is 0 Å². The van der Waals surface area contributed by atoms with Crippen LogP contribution >= 0.6 is 0 Å². The number of guanidine groups is 1. The first-order chi connectivity index (χ1) is 17.1. The Kier molecular flexibility index (Phi) is 6.52. The molecule has 2 aliphatic rings. The van der Waals surface area contributed by atoms with E-state index in [0.29, 0.717) is 24.7 Å². The van der Waals surface area contributed by atoms with Crippen molar-refractivity contribution in [1.29, 1.82) is 0 Å². The molecule has 2 aliphatic heterocycles. The smallest absolute Gasteiger partial charge is 0.255 e. The summed E-state index contributed by atoms with van der Waals surface area (Å²) in [4.78, 5) is 24.5. The predicted molar refractivity (Wildman–Crippen MR) is 142 cm³/mol. The van der Waals surface area contributed by atoms with Gasteiger partial charge in [0.2, 0.25) is 5.95 Å². The SMILES string of the molecule is CNc1cccc(CC(C)NC2=NCC=C(N3CCCn4c3nc(-c3ccccc3)cc4=O)N2)c1. The molecular weight excluding hydrogens is 438 g/mol. The van der Waals surface area contributed by atoms with Crippen LogP contribution in [0, 0.1) is 0 Å². The molecule has 0 spiro atoms. The molecule has 0 aliphatic carbocycles. The highest BCUT2D eigenvalue weighted by Crippen LogP contribution is 2.24. The number of nitrogens with one attached hydrogen (secondary N) is 3. The van der Waals surface area contributed by atoms with Gasteiger partial charge in [0.1, 0.15) is 5.82 Å². The number of hydrogen-bond acceptors (Lipinski definition) is 7.